The van der Waals surface area contributed by atoms with E-state index in [2.05, 4.69) is 15.6 Å². The lowest BCUT2D eigenvalue weighted by atomic mass is 10.1. The lowest BCUT2D eigenvalue weighted by molar-refractivity contribution is 0.00695. The van der Waals surface area contributed by atoms with Crippen molar-refractivity contribution in [1.82, 2.24) is 10.6 Å². The van der Waals surface area contributed by atoms with E-state index >= 15 is 0 Å². The molecule has 0 spiro atoms. The fourth-order valence-corrected chi connectivity index (χ4v) is 1.93. The maximum atomic E-state index is 11.9. The van der Waals surface area contributed by atoms with Crippen LogP contribution in [0, 0.1) is 0 Å². The second kappa shape index (κ2) is 8.36. The van der Waals surface area contributed by atoms with Crippen molar-refractivity contribution in [3.63, 3.8) is 0 Å². The molecule has 122 valence electrons. The molecule has 0 saturated carbocycles. The third kappa shape index (κ3) is 6.21. The molecule has 0 bridgehead atoms. The first-order valence-corrected chi connectivity index (χ1v) is 7.28. The molecule has 1 aliphatic heterocycles. The van der Waals surface area contributed by atoms with Gasteiger partial charge in [0, 0.05) is 19.6 Å². The monoisotopic (exact) mass is 417 g/mol. The van der Waals surface area contributed by atoms with Crippen LogP contribution in [0.2, 0.25) is 0 Å². The van der Waals surface area contributed by atoms with Crippen LogP contribution in [0.4, 0.5) is 0 Å². The largest absolute Gasteiger partial charge is 0.456 e. The molecule has 1 aromatic carbocycles. The minimum Gasteiger partial charge on any atom is -0.456 e. The van der Waals surface area contributed by atoms with E-state index < -0.39 is 5.60 Å². The third-order valence-corrected chi connectivity index (χ3v) is 2.95. The summed E-state index contributed by atoms with van der Waals surface area (Å²) in [7, 11) is 0. The number of nitrogens with zero attached hydrogens (tertiary/aromatic N) is 1. The number of hydrogen-bond donors (Lipinski definition) is 2. The Morgan fingerprint density at radius 2 is 2.00 bits per heavy atom. The Bertz CT molecular complexity index is 521. The molecule has 2 N–H and O–H groups in total. The summed E-state index contributed by atoms with van der Waals surface area (Å²) in [5.41, 5.74) is 1.20. The summed E-state index contributed by atoms with van der Waals surface area (Å²) in [6.07, 6.45) is 1.08. The van der Waals surface area contributed by atoms with Crippen molar-refractivity contribution in [3.8, 4) is 0 Å². The maximum absolute atomic E-state index is 11.9. The molecule has 1 heterocycles. The first-order valence-electron chi connectivity index (χ1n) is 7.28. The van der Waals surface area contributed by atoms with Gasteiger partial charge in [0.1, 0.15) is 5.60 Å². The summed E-state index contributed by atoms with van der Waals surface area (Å²) in [5, 5.41) is 6.46. The molecular formula is C16H24IN3O2. The second-order valence-corrected chi connectivity index (χ2v) is 6.06. The molecule has 0 saturated heterocycles. The zero-order chi connectivity index (χ0) is 15.3. The Labute approximate surface area is 148 Å². The van der Waals surface area contributed by atoms with Gasteiger partial charge in [0.05, 0.1) is 5.56 Å². The number of ether oxygens (including phenoxy) is 1. The Morgan fingerprint density at radius 3 is 2.55 bits per heavy atom. The van der Waals surface area contributed by atoms with Crippen molar-refractivity contribution >= 4 is 35.9 Å². The smallest absolute Gasteiger partial charge is 0.338 e. The fraction of sp³-hybridized carbons (Fsp3) is 0.500. The summed E-state index contributed by atoms with van der Waals surface area (Å²) in [6, 6.07) is 7.44. The molecule has 1 aromatic rings. The average molecular weight is 417 g/mol. The van der Waals surface area contributed by atoms with Crippen molar-refractivity contribution in [2.45, 2.75) is 39.3 Å². The van der Waals surface area contributed by atoms with Crippen LogP contribution in [-0.4, -0.2) is 30.6 Å². The molecule has 0 amide bonds. The highest BCUT2D eigenvalue weighted by molar-refractivity contribution is 14.0. The number of guanidine groups is 1. The molecule has 1 aliphatic rings. The molecule has 0 radical (unpaired) electrons. The number of benzene rings is 1. The highest BCUT2D eigenvalue weighted by Gasteiger charge is 2.17. The second-order valence-electron chi connectivity index (χ2n) is 6.06. The van der Waals surface area contributed by atoms with E-state index in [1.165, 1.54) is 0 Å². The van der Waals surface area contributed by atoms with E-state index in [0.29, 0.717) is 12.1 Å². The van der Waals surface area contributed by atoms with Crippen molar-refractivity contribution in [1.29, 1.82) is 0 Å². The zero-order valence-corrected chi connectivity index (χ0v) is 15.6. The lowest BCUT2D eigenvalue weighted by Gasteiger charge is -2.19. The van der Waals surface area contributed by atoms with E-state index in [4.69, 9.17) is 4.74 Å². The van der Waals surface area contributed by atoms with Gasteiger partial charge < -0.3 is 15.4 Å². The third-order valence-electron chi connectivity index (χ3n) is 2.95. The first-order chi connectivity index (χ1) is 9.94. The van der Waals surface area contributed by atoms with E-state index in [9.17, 15) is 4.79 Å². The summed E-state index contributed by atoms with van der Waals surface area (Å²) in [6.45, 7) is 8.10. The molecule has 0 unspecified atom stereocenters. The van der Waals surface area contributed by atoms with E-state index in [1.54, 1.807) is 12.1 Å². The van der Waals surface area contributed by atoms with Gasteiger partial charge in [-0.2, -0.15) is 0 Å². The zero-order valence-electron chi connectivity index (χ0n) is 13.3. The van der Waals surface area contributed by atoms with Gasteiger partial charge in [-0.15, -0.1) is 24.0 Å². The van der Waals surface area contributed by atoms with Crippen LogP contribution in [0.25, 0.3) is 0 Å². The van der Waals surface area contributed by atoms with Crippen LogP contribution >= 0.6 is 24.0 Å². The summed E-state index contributed by atoms with van der Waals surface area (Å²) >= 11 is 0. The van der Waals surface area contributed by atoms with Crippen LogP contribution in [0.1, 0.15) is 43.1 Å². The molecule has 0 aromatic heterocycles. The van der Waals surface area contributed by atoms with Gasteiger partial charge in [-0.1, -0.05) is 12.1 Å². The van der Waals surface area contributed by atoms with Gasteiger partial charge >= 0.3 is 5.97 Å². The van der Waals surface area contributed by atoms with Crippen LogP contribution in [0.15, 0.2) is 29.3 Å². The Morgan fingerprint density at radius 1 is 1.32 bits per heavy atom. The van der Waals surface area contributed by atoms with E-state index in [-0.39, 0.29) is 29.9 Å². The molecule has 6 heteroatoms. The number of aliphatic imine (C=N–C) groups is 1. The average Bonchev–Trinajstić information content (AvgIpc) is 2.45. The van der Waals surface area contributed by atoms with Crippen LogP contribution in [0.5, 0.6) is 0 Å². The van der Waals surface area contributed by atoms with Crippen LogP contribution in [0.3, 0.4) is 0 Å². The maximum Gasteiger partial charge on any atom is 0.338 e. The summed E-state index contributed by atoms with van der Waals surface area (Å²) in [4.78, 5) is 16.3. The topological polar surface area (TPSA) is 62.7 Å². The van der Waals surface area contributed by atoms with Gasteiger partial charge in [-0.25, -0.2) is 4.79 Å². The molecule has 2 rings (SSSR count). The highest BCUT2D eigenvalue weighted by atomic mass is 127. The minimum atomic E-state index is -0.470. The van der Waals surface area contributed by atoms with Crippen LogP contribution in [-0.2, 0) is 11.3 Å². The van der Waals surface area contributed by atoms with Gasteiger partial charge in [0.2, 0.25) is 0 Å². The number of hydrogen-bond acceptors (Lipinski definition) is 5. The number of rotatable bonds is 3. The van der Waals surface area contributed by atoms with Gasteiger partial charge in [0.15, 0.2) is 5.96 Å². The Kier molecular flexibility index (Phi) is 7.12. The Hall–Kier alpha value is -1.31. The predicted molar refractivity (Wildman–Crippen MR) is 98.8 cm³/mol. The van der Waals surface area contributed by atoms with Gasteiger partial charge in [0.25, 0.3) is 0 Å². The van der Waals surface area contributed by atoms with Crippen molar-refractivity contribution < 1.29 is 9.53 Å². The number of carbonyl (C=O) groups is 1. The van der Waals surface area contributed by atoms with Gasteiger partial charge in [-0.05, 0) is 44.9 Å². The molecule has 5 nitrogen and oxygen atoms in total. The van der Waals surface area contributed by atoms with Crippen molar-refractivity contribution in [2.75, 3.05) is 13.1 Å². The number of carbonyl (C=O) groups excluding carboxylic acids is 1. The molecule has 22 heavy (non-hydrogen) atoms. The van der Waals surface area contributed by atoms with Crippen molar-refractivity contribution in [2.24, 2.45) is 4.99 Å². The fourth-order valence-electron chi connectivity index (χ4n) is 1.93. The predicted octanol–water partition coefficient (Wildman–Crippen LogP) is 2.70. The summed E-state index contributed by atoms with van der Waals surface area (Å²) in [5.74, 6) is 0.554. The molecule has 0 fully saturated rings. The van der Waals surface area contributed by atoms with E-state index in [0.717, 1.165) is 31.0 Å². The minimum absolute atomic E-state index is 0. The lowest BCUT2D eigenvalue weighted by Crippen LogP contribution is -2.40. The highest BCUT2D eigenvalue weighted by Crippen LogP contribution is 2.12. The first kappa shape index (κ1) is 18.7. The molecular weight excluding hydrogens is 393 g/mol. The van der Waals surface area contributed by atoms with Crippen LogP contribution < -0.4 is 10.6 Å². The SMILES string of the molecule is CC(C)(C)OC(=O)c1ccc(CNC2=NCCCN2)cc1.I. The molecule has 0 aliphatic carbocycles. The quantitative estimate of drug-likeness (QED) is 0.587. The van der Waals surface area contributed by atoms with E-state index in [1.807, 2.05) is 32.9 Å². The normalized spacial score (nSPS) is 14.2. The number of nitrogens with one attached hydrogen (secondary N) is 2. The summed E-state index contributed by atoms with van der Waals surface area (Å²) < 4.78 is 5.34. The van der Waals surface area contributed by atoms with Gasteiger partial charge in [-0.3, -0.25) is 4.99 Å². The number of esters is 1. The van der Waals surface area contributed by atoms with Crippen molar-refractivity contribution in [3.05, 3.63) is 35.4 Å². The molecule has 0 atom stereocenters. The standard InChI is InChI=1S/C16H23N3O2.HI/c1-16(2,3)21-14(20)13-7-5-12(6-8-13)11-19-15-17-9-4-10-18-15;/h5-8H,4,9-11H2,1-3H3,(H2,17,18,19);1H. The number of halogens is 1. The Balaban J connectivity index is 0.00000242.